The Bertz CT molecular complexity index is 350. The van der Waals surface area contributed by atoms with Crippen molar-refractivity contribution in [2.75, 3.05) is 13.2 Å². The molecule has 0 aliphatic carbocycles. The quantitative estimate of drug-likeness (QED) is 0.701. The van der Waals surface area contributed by atoms with Crippen LogP contribution in [0.1, 0.15) is 23.7 Å². The van der Waals surface area contributed by atoms with Gasteiger partial charge in [0, 0.05) is 12.4 Å². The number of rotatable bonds is 5. The lowest BCUT2D eigenvalue weighted by Crippen LogP contribution is -2.12. The minimum atomic E-state index is -0.489. The zero-order valence-electron chi connectivity index (χ0n) is 9.01. The lowest BCUT2D eigenvalue weighted by molar-refractivity contribution is -0.143. The van der Waals surface area contributed by atoms with Gasteiger partial charge in [-0.3, -0.25) is 9.78 Å². The molecule has 1 heterocycles. The molecule has 0 aliphatic rings. The van der Waals surface area contributed by atoms with Gasteiger partial charge in [-0.15, -0.1) is 0 Å². The Kier molecular flexibility index (Phi) is 4.98. The number of carbonyl (C=O) groups is 2. The number of hydrogen-bond donors (Lipinski definition) is 0. The third-order valence-corrected chi connectivity index (χ3v) is 1.74. The topological polar surface area (TPSA) is 65.5 Å². The molecule has 0 saturated heterocycles. The molecule has 0 saturated carbocycles. The van der Waals surface area contributed by atoms with Crippen LogP contribution in [0.5, 0.6) is 0 Å². The third-order valence-electron chi connectivity index (χ3n) is 1.74. The van der Waals surface area contributed by atoms with Gasteiger partial charge in [0.15, 0.2) is 0 Å². The van der Waals surface area contributed by atoms with Gasteiger partial charge in [-0.25, -0.2) is 4.79 Å². The molecular formula is C11H13NO4. The molecule has 0 aliphatic heterocycles. The van der Waals surface area contributed by atoms with E-state index in [0.717, 1.165) is 0 Å². The smallest absolute Gasteiger partial charge is 0.339 e. The summed E-state index contributed by atoms with van der Waals surface area (Å²) in [5.74, 6) is -0.862. The average Bonchev–Trinajstić information content (AvgIpc) is 2.30. The van der Waals surface area contributed by atoms with E-state index < -0.39 is 5.97 Å². The van der Waals surface area contributed by atoms with E-state index in [1.54, 1.807) is 25.3 Å². The zero-order chi connectivity index (χ0) is 11.8. The highest BCUT2D eigenvalue weighted by molar-refractivity contribution is 5.89. The molecule has 1 aromatic rings. The van der Waals surface area contributed by atoms with Crippen molar-refractivity contribution in [2.45, 2.75) is 13.3 Å². The fraction of sp³-hybridized carbons (Fsp3) is 0.364. The van der Waals surface area contributed by atoms with E-state index >= 15 is 0 Å². The van der Waals surface area contributed by atoms with Crippen LogP contribution >= 0.6 is 0 Å². The van der Waals surface area contributed by atoms with Crippen LogP contribution in [0.3, 0.4) is 0 Å². The van der Waals surface area contributed by atoms with Crippen molar-refractivity contribution in [3.05, 3.63) is 30.1 Å². The number of esters is 2. The fourth-order valence-electron chi connectivity index (χ4n) is 1.03. The first-order chi connectivity index (χ1) is 7.74. The van der Waals surface area contributed by atoms with E-state index in [2.05, 4.69) is 9.72 Å². The number of aromatic nitrogens is 1. The van der Waals surface area contributed by atoms with E-state index in [0.29, 0.717) is 12.2 Å². The first-order valence-electron chi connectivity index (χ1n) is 4.96. The van der Waals surface area contributed by atoms with Crippen molar-refractivity contribution in [1.82, 2.24) is 4.98 Å². The largest absolute Gasteiger partial charge is 0.466 e. The molecule has 5 heteroatoms. The van der Waals surface area contributed by atoms with E-state index in [-0.39, 0.29) is 19.0 Å². The van der Waals surface area contributed by atoms with Crippen molar-refractivity contribution in [2.24, 2.45) is 0 Å². The summed E-state index contributed by atoms with van der Waals surface area (Å²) < 4.78 is 9.55. The first-order valence-corrected chi connectivity index (χ1v) is 4.96. The summed E-state index contributed by atoms with van der Waals surface area (Å²) in [5, 5.41) is 0. The van der Waals surface area contributed by atoms with Crippen LogP contribution in [0.4, 0.5) is 0 Å². The van der Waals surface area contributed by atoms with Gasteiger partial charge in [-0.1, -0.05) is 0 Å². The molecule has 0 spiro atoms. The van der Waals surface area contributed by atoms with Gasteiger partial charge >= 0.3 is 11.9 Å². The molecule has 0 bridgehead atoms. The summed E-state index contributed by atoms with van der Waals surface area (Å²) in [6.07, 6.45) is 3.04. The highest BCUT2D eigenvalue weighted by atomic mass is 16.5. The minimum Gasteiger partial charge on any atom is -0.466 e. The maximum absolute atomic E-state index is 11.4. The molecule has 0 N–H and O–H groups in total. The summed E-state index contributed by atoms with van der Waals surface area (Å²) >= 11 is 0. The average molecular weight is 223 g/mol. The Balaban J connectivity index is 2.29. The minimum absolute atomic E-state index is 0.0204. The van der Waals surface area contributed by atoms with Gasteiger partial charge in [-0.05, 0) is 19.1 Å². The van der Waals surface area contributed by atoms with Crippen molar-refractivity contribution in [3.8, 4) is 0 Å². The lowest BCUT2D eigenvalue weighted by Gasteiger charge is -2.04. The second kappa shape index (κ2) is 6.55. The monoisotopic (exact) mass is 223 g/mol. The maximum atomic E-state index is 11.4. The number of ether oxygens (including phenoxy) is 2. The lowest BCUT2D eigenvalue weighted by atomic mass is 10.3. The molecule has 0 aromatic carbocycles. The standard InChI is InChI=1S/C11H13NO4/c1-2-15-10(13)5-7-16-11(14)9-4-3-6-12-8-9/h3-4,6,8H,2,5,7H2,1H3. The Morgan fingerprint density at radius 1 is 1.38 bits per heavy atom. The van der Waals surface area contributed by atoms with E-state index in [4.69, 9.17) is 4.74 Å². The molecule has 0 radical (unpaired) electrons. The molecule has 16 heavy (non-hydrogen) atoms. The van der Waals surface area contributed by atoms with Gasteiger partial charge in [-0.2, -0.15) is 0 Å². The SMILES string of the molecule is CCOC(=O)CCOC(=O)c1cccnc1. The van der Waals surface area contributed by atoms with Crippen LogP contribution in [0.25, 0.3) is 0 Å². The van der Waals surface area contributed by atoms with Gasteiger partial charge in [0.25, 0.3) is 0 Å². The second-order valence-electron chi connectivity index (χ2n) is 2.93. The second-order valence-corrected chi connectivity index (χ2v) is 2.93. The van der Waals surface area contributed by atoms with Crippen molar-refractivity contribution in [3.63, 3.8) is 0 Å². The van der Waals surface area contributed by atoms with Crippen molar-refractivity contribution < 1.29 is 19.1 Å². The summed E-state index contributed by atoms with van der Waals surface area (Å²) in [6, 6.07) is 3.24. The first kappa shape index (κ1) is 12.2. The Morgan fingerprint density at radius 2 is 2.19 bits per heavy atom. The predicted octanol–water partition coefficient (Wildman–Crippen LogP) is 1.19. The molecular weight excluding hydrogens is 210 g/mol. The van der Waals surface area contributed by atoms with Gasteiger partial charge in [0.1, 0.15) is 6.61 Å². The van der Waals surface area contributed by atoms with Gasteiger partial charge < -0.3 is 9.47 Å². The van der Waals surface area contributed by atoms with Gasteiger partial charge in [0.05, 0.1) is 18.6 Å². The normalized spacial score (nSPS) is 9.56. The molecule has 0 fully saturated rings. The molecule has 0 atom stereocenters. The molecule has 86 valence electrons. The summed E-state index contributed by atoms with van der Waals surface area (Å²) in [4.78, 5) is 26.1. The van der Waals surface area contributed by atoms with E-state index in [1.165, 1.54) is 6.20 Å². The van der Waals surface area contributed by atoms with Crippen molar-refractivity contribution in [1.29, 1.82) is 0 Å². The van der Waals surface area contributed by atoms with Crippen LogP contribution in [0.15, 0.2) is 24.5 Å². The van der Waals surface area contributed by atoms with E-state index in [1.807, 2.05) is 0 Å². The van der Waals surface area contributed by atoms with Crippen LogP contribution < -0.4 is 0 Å². The molecule has 1 aromatic heterocycles. The molecule has 0 unspecified atom stereocenters. The number of pyridine rings is 1. The maximum Gasteiger partial charge on any atom is 0.339 e. The van der Waals surface area contributed by atoms with Crippen LogP contribution in [-0.2, 0) is 14.3 Å². The molecule has 5 nitrogen and oxygen atoms in total. The Morgan fingerprint density at radius 3 is 2.81 bits per heavy atom. The van der Waals surface area contributed by atoms with Crippen molar-refractivity contribution >= 4 is 11.9 Å². The molecule has 1 rings (SSSR count). The van der Waals surface area contributed by atoms with Crippen LogP contribution in [-0.4, -0.2) is 30.1 Å². The number of nitrogens with zero attached hydrogens (tertiary/aromatic N) is 1. The highest BCUT2D eigenvalue weighted by Gasteiger charge is 2.08. The number of hydrogen-bond acceptors (Lipinski definition) is 5. The van der Waals surface area contributed by atoms with Gasteiger partial charge in [0.2, 0.25) is 0 Å². The Labute approximate surface area is 93.4 Å². The van der Waals surface area contributed by atoms with E-state index in [9.17, 15) is 9.59 Å². The number of carbonyl (C=O) groups excluding carboxylic acids is 2. The van der Waals surface area contributed by atoms with Crippen LogP contribution in [0.2, 0.25) is 0 Å². The van der Waals surface area contributed by atoms with Crippen LogP contribution in [0, 0.1) is 0 Å². The Hall–Kier alpha value is -1.91. The summed E-state index contributed by atoms with van der Waals surface area (Å²) in [6.45, 7) is 2.07. The fourth-order valence-corrected chi connectivity index (χ4v) is 1.03. The summed E-state index contributed by atoms with van der Waals surface area (Å²) in [5.41, 5.74) is 0.367. The molecule has 0 amide bonds. The highest BCUT2D eigenvalue weighted by Crippen LogP contribution is 1.99. The summed E-state index contributed by atoms with van der Waals surface area (Å²) in [7, 11) is 0. The third kappa shape index (κ3) is 4.08. The predicted molar refractivity (Wildman–Crippen MR) is 55.8 cm³/mol. The zero-order valence-corrected chi connectivity index (χ0v) is 9.01.